The summed E-state index contributed by atoms with van der Waals surface area (Å²) in [5.41, 5.74) is 10.1. The number of phenols is 5. The minimum Gasteiger partial charge on any atom is -0.505 e. The number of nitrogens with zero attached hydrogens (tertiary/aromatic N) is 6. The monoisotopic (exact) mass is 1670 g/mol. The molecule has 8 aromatic carbocycles. The zero-order valence-electron chi connectivity index (χ0n) is 68.9. The Morgan fingerprint density at radius 2 is 0.842 bits per heavy atom. The minimum atomic E-state index is -1.40. The molecule has 36 nitrogen and oxygen atoms in total. The predicted molar refractivity (Wildman–Crippen MR) is 453 cm³/mol. The second-order valence-corrected chi connectivity index (χ2v) is 28.9. The lowest BCUT2D eigenvalue weighted by molar-refractivity contribution is -0.386. The largest absolute Gasteiger partial charge is 0.505 e. The highest BCUT2D eigenvalue weighted by Gasteiger charge is 2.40. The quantitative estimate of drug-likeness (QED) is 0.0133. The number of nitrogens with two attached hydrogens (primary N) is 2. The van der Waals surface area contributed by atoms with Crippen molar-refractivity contribution in [3.8, 4) is 40.2 Å². The van der Waals surface area contributed by atoms with E-state index in [1.165, 1.54) is 88.1 Å². The molecule has 2 heterocycles. The van der Waals surface area contributed by atoms with E-state index in [2.05, 4.69) is 57.5 Å². The van der Waals surface area contributed by atoms with Gasteiger partial charge in [-0.2, -0.15) is 0 Å². The number of rotatable bonds is 17. The van der Waals surface area contributed by atoms with Crippen LogP contribution in [-0.4, -0.2) is 159 Å². The van der Waals surface area contributed by atoms with Gasteiger partial charge < -0.3 is 96.0 Å². The van der Waals surface area contributed by atoms with Crippen molar-refractivity contribution in [2.24, 2.45) is 16.6 Å². The van der Waals surface area contributed by atoms with Gasteiger partial charge in [0.2, 0.25) is 16.9 Å². The van der Waals surface area contributed by atoms with Crippen molar-refractivity contribution < 1.29 is 82.8 Å². The number of nitrogens with one attached hydrogen (secondary N) is 3. The van der Waals surface area contributed by atoms with Crippen molar-refractivity contribution in [2.45, 2.75) is 114 Å². The van der Waals surface area contributed by atoms with Crippen LogP contribution in [0.3, 0.4) is 0 Å². The number of aromatic hydroxyl groups is 5. The molecule has 36 heteroatoms. The number of aromatic carboxylic acids is 1. The number of furan rings is 2. The van der Waals surface area contributed by atoms with Gasteiger partial charge in [0.25, 0.3) is 50.8 Å². The number of nitro benzene ring substituents is 2. The van der Waals surface area contributed by atoms with Crippen molar-refractivity contribution in [3.63, 3.8) is 0 Å². The molecule has 4 amide bonds. The van der Waals surface area contributed by atoms with E-state index in [0.717, 1.165) is 61.0 Å². The summed E-state index contributed by atoms with van der Waals surface area (Å²) in [6, 6.07) is 24.8. The van der Waals surface area contributed by atoms with E-state index in [0.29, 0.717) is 12.2 Å². The van der Waals surface area contributed by atoms with E-state index in [1.807, 2.05) is 12.1 Å². The number of benzene rings is 5. The fourth-order valence-electron chi connectivity index (χ4n) is 11.6. The first-order valence-corrected chi connectivity index (χ1v) is 36.9. The van der Waals surface area contributed by atoms with Gasteiger partial charge >= 0.3 is 17.3 Å². The van der Waals surface area contributed by atoms with Gasteiger partial charge in [-0.05, 0) is 105 Å². The SMILES string of the molecule is C.CC1(C)CCc2occc2[C@@H]1N.CCC.CCOc1c(C)c(=O)c1=O.CCOc1c(Nc2cccc(C(=O)N(C)C)c2O)c(=O)c1=O.CN(C)C(=O)c1cccc(N)c1O.CN(C)C(=O)c1cccc(Nc2c(N[C@H]3c4ccoc4CCC3(C)C)c(=O)c2=O)c1O.CN(C)C(=O)c1cccc([N+](=O)[O-])c1O.O=C(O)c1cccc([N+](=O)[O-])c1O. The molecule has 0 aliphatic heterocycles. The summed E-state index contributed by atoms with van der Waals surface area (Å²) in [5.74, 6) is -2.89. The normalized spacial score (nSPS) is 13.3. The Morgan fingerprint density at radius 3 is 1.27 bits per heavy atom. The fraction of sp³-hybridized carbons (Fsp3) is 0.345. The minimum absolute atomic E-state index is 0. The number of amides is 4. The van der Waals surface area contributed by atoms with E-state index < -0.39 is 82.7 Å². The van der Waals surface area contributed by atoms with Crippen LogP contribution in [0.1, 0.15) is 174 Å². The number of carboxylic acid groups (broad SMARTS) is 1. The molecular weight excluding hydrogens is 1560 g/mol. The summed E-state index contributed by atoms with van der Waals surface area (Å²) in [5, 5.41) is 86.8. The molecule has 2 aromatic heterocycles. The zero-order chi connectivity index (χ0) is 89.7. The summed E-state index contributed by atoms with van der Waals surface area (Å²) in [6.45, 7) is 18.6. The van der Waals surface area contributed by atoms with Crippen LogP contribution in [0.4, 0.5) is 45.5 Å². The molecule has 0 fully saturated rings. The Labute approximate surface area is 689 Å². The van der Waals surface area contributed by atoms with Crippen molar-refractivity contribution in [3.05, 3.63) is 253 Å². The molecule has 2 aliphatic carbocycles. The molecule has 0 spiro atoms. The number of ether oxygens (including phenoxy) is 2. The summed E-state index contributed by atoms with van der Waals surface area (Å²) in [7, 11) is 12.5. The average Bonchev–Trinajstić information content (AvgIpc) is 1.17. The molecule has 13 N–H and O–H groups in total. The number of carboxylic acids is 1. The molecule has 0 saturated carbocycles. The first kappa shape index (κ1) is 98.2. The van der Waals surface area contributed by atoms with Gasteiger partial charge in [0, 0.05) is 104 Å². The molecular formula is C84H103N11O25. The van der Waals surface area contributed by atoms with Crippen LogP contribution in [0.25, 0.3) is 0 Å². The van der Waals surface area contributed by atoms with E-state index in [9.17, 15) is 93.4 Å². The Balaban J connectivity index is 0.000000303. The van der Waals surface area contributed by atoms with Crippen molar-refractivity contribution in [2.75, 3.05) is 91.3 Å². The highest BCUT2D eigenvalue weighted by Crippen LogP contribution is 2.47. The maximum Gasteiger partial charge on any atom is 0.339 e. The van der Waals surface area contributed by atoms with Crippen LogP contribution in [0.2, 0.25) is 0 Å². The van der Waals surface area contributed by atoms with Crippen molar-refractivity contribution in [1.82, 2.24) is 19.6 Å². The van der Waals surface area contributed by atoms with Gasteiger partial charge in [0.1, 0.15) is 34.1 Å². The summed E-state index contributed by atoms with van der Waals surface area (Å²) in [6.07, 6.45) is 8.45. The Kier molecular flexibility index (Phi) is 34.9. The number of hydrogen-bond acceptors (Lipinski definition) is 29. The molecule has 2 aliphatic rings. The lowest BCUT2D eigenvalue weighted by Crippen LogP contribution is -2.41. The van der Waals surface area contributed by atoms with Crippen LogP contribution in [0.5, 0.6) is 40.2 Å². The predicted octanol–water partition coefficient (Wildman–Crippen LogP) is 11.0. The third-order valence-electron chi connectivity index (χ3n) is 18.4. The lowest BCUT2D eigenvalue weighted by atomic mass is 9.72. The molecule has 0 saturated heterocycles. The number of carbonyl (C=O) groups excluding carboxylic acids is 4. The highest BCUT2D eigenvalue weighted by molar-refractivity contribution is 6.01. The van der Waals surface area contributed by atoms with Gasteiger partial charge in [-0.15, -0.1) is 0 Å². The molecule has 12 rings (SSSR count). The number of para-hydroxylation sites is 5. The number of nitrogen functional groups attached to an aromatic ring is 1. The van der Waals surface area contributed by atoms with E-state index >= 15 is 0 Å². The number of phenolic OH excluding ortho intramolecular Hbond substituents is 4. The lowest BCUT2D eigenvalue weighted by Gasteiger charge is -2.39. The fourth-order valence-corrected chi connectivity index (χ4v) is 11.6. The van der Waals surface area contributed by atoms with E-state index in [1.54, 1.807) is 106 Å². The molecule has 120 heavy (non-hydrogen) atoms. The zero-order valence-corrected chi connectivity index (χ0v) is 68.9. The van der Waals surface area contributed by atoms with Gasteiger partial charge in [-0.25, -0.2) is 4.79 Å². The Morgan fingerprint density at radius 1 is 0.492 bits per heavy atom. The van der Waals surface area contributed by atoms with Gasteiger partial charge in [-0.3, -0.25) is 68.2 Å². The smallest absolute Gasteiger partial charge is 0.339 e. The second kappa shape index (κ2) is 42.6. The number of nitro groups is 2. The van der Waals surface area contributed by atoms with Crippen molar-refractivity contribution >= 4 is 75.1 Å². The molecule has 2 atom stereocenters. The maximum absolute atomic E-state index is 12.4. The molecule has 0 unspecified atom stereocenters. The molecule has 644 valence electrons. The third-order valence-corrected chi connectivity index (χ3v) is 18.4. The summed E-state index contributed by atoms with van der Waals surface area (Å²) in [4.78, 5) is 151. The van der Waals surface area contributed by atoms with Crippen molar-refractivity contribution in [1.29, 1.82) is 0 Å². The van der Waals surface area contributed by atoms with Crippen LogP contribution < -0.4 is 69.5 Å². The third kappa shape index (κ3) is 23.1. The van der Waals surface area contributed by atoms with E-state index in [-0.39, 0.29) is 140 Å². The summed E-state index contributed by atoms with van der Waals surface area (Å²) < 4.78 is 20.9. The number of anilines is 6. The number of fused-ring (bicyclic) bond motifs is 2. The van der Waals surface area contributed by atoms with Crippen LogP contribution in [0, 0.1) is 38.0 Å². The Hall–Kier alpha value is -14.2. The maximum atomic E-state index is 12.4. The van der Waals surface area contributed by atoms with Crippen LogP contribution >= 0.6 is 0 Å². The van der Waals surface area contributed by atoms with Gasteiger partial charge in [0.05, 0.1) is 80.9 Å². The van der Waals surface area contributed by atoms with Crippen LogP contribution in [-0.2, 0) is 12.8 Å². The second-order valence-electron chi connectivity index (χ2n) is 28.9. The Bertz CT molecular complexity index is 5520. The highest BCUT2D eigenvalue weighted by atomic mass is 16.6. The number of aryl methyl sites for hydroxylation is 2. The van der Waals surface area contributed by atoms with Gasteiger partial charge in [-0.1, -0.05) is 85.7 Å². The first-order chi connectivity index (χ1) is 55.7. The van der Waals surface area contributed by atoms with Gasteiger partial charge in [0.15, 0.2) is 28.7 Å². The average molecular weight is 1670 g/mol. The van der Waals surface area contributed by atoms with Crippen LogP contribution in [0.15, 0.2) is 153 Å². The number of hydrogen-bond donors (Lipinski definition) is 11. The molecule has 0 radical (unpaired) electrons. The van der Waals surface area contributed by atoms with E-state index in [4.69, 9.17) is 40.0 Å². The molecule has 10 aromatic rings. The first-order valence-electron chi connectivity index (χ1n) is 36.9. The number of carbonyl (C=O) groups is 5. The topological polar surface area (TPSA) is 541 Å². The standard InChI is InChI=1S/C23H25N3O5.C15H16N2O5.C10H15NO.C9H10N2O4.C9H12N2O2.C7H5NO5.C7H8O3.C3H8.CH4/c1-23(2)10-8-15-12(9-11-31-15)21(23)25-17-16(19(28)20(17)29)24-14-7-5-6-13(18(14)27)22(30)26(3)4;1-4-22-14-10(12(19)13(14)20)16-9-7-5-6-8(11(9)18)15(21)17(2)3;1-10(2)5-3-8-7(9(10)11)4-6-12-8;1-10(2)9(13)6-4-3-5-7(8(6)12)11(14)15;1-11(2)9(13)6-4-3-5-7(10)8(6)12;9-6-4(7(10)11)2-1-3-5(6)8(12)13;1-3-10-7-4(2)5(8)6(7)9;1-3-2;/h5-7,9,11,21,24-25,27H,8,10H2,1-4H3;5-7,16,18H,4H2,1-3H3;4,6,9H,3,5,11H2,1-2H3;3-5,12H,1-2H3;3-5,12H,10H2,1-2H3;1-3,9H,(H,10,11);3H2,1-2H3;3H2,1-2H3;1H4/t21-;;9-;;;;;;/m0.0....../s1. The molecule has 0 bridgehead atoms. The summed E-state index contributed by atoms with van der Waals surface area (Å²) >= 11 is 0.